The summed E-state index contributed by atoms with van der Waals surface area (Å²) in [5.41, 5.74) is 25.7. The second-order valence-corrected chi connectivity index (χ2v) is 28.9. The van der Waals surface area contributed by atoms with Crippen LogP contribution in [0.4, 0.5) is 0 Å². The Kier molecular flexibility index (Phi) is 11.8. The first kappa shape index (κ1) is 50.6. The summed E-state index contributed by atoms with van der Waals surface area (Å²) in [6, 6.07) is 26.0. The third-order valence-corrected chi connectivity index (χ3v) is 19.3. The lowest BCUT2D eigenvalue weighted by atomic mass is 9.69. The van der Waals surface area contributed by atoms with E-state index in [2.05, 4.69) is 238 Å². The third kappa shape index (κ3) is 8.28. The van der Waals surface area contributed by atoms with Crippen LogP contribution in [-0.4, -0.2) is 5.78 Å². The van der Waals surface area contributed by atoms with Gasteiger partial charge in [0.1, 0.15) is 0 Å². The van der Waals surface area contributed by atoms with Gasteiger partial charge < -0.3 is 0 Å². The summed E-state index contributed by atoms with van der Waals surface area (Å²) in [7, 11) is 0. The molecule has 0 heterocycles. The molecule has 4 aromatic rings. The molecule has 0 aliphatic heterocycles. The van der Waals surface area contributed by atoms with Crippen molar-refractivity contribution in [3.05, 3.63) is 194 Å². The van der Waals surface area contributed by atoms with Gasteiger partial charge in [0.2, 0.25) is 0 Å². The number of allylic oxidation sites excluding steroid dienone is 16. The molecule has 1 nitrogen and oxygen atoms in total. The molecule has 11 rings (SSSR count). The van der Waals surface area contributed by atoms with E-state index in [4.69, 9.17) is 0 Å². The van der Waals surface area contributed by atoms with E-state index in [1.54, 1.807) is 11.1 Å². The first-order valence-corrected chi connectivity index (χ1v) is 28.4. The molecule has 0 aromatic heterocycles. The average molecular weight is 977 g/mol. The van der Waals surface area contributed by atoms with Crippen LogP contribution in [0.1, 0.15) is 191 Å². The van der Waals surface area contributed by atoms with Crippen molar-refractivity contribution >= 4 is 22.5 Å². The van der Waals surface area contributed by atoms with Crippen LogP contribution in [0.5, 0.6) is 0 Å². The van der Waals surface area contributed by atoms with E-state index in [0.717, 1.165) is 43.2 Å². The molecule has 0 spiro atoms. The molecule has 382 valence electrons. The largest absolute Gasteiger partial charge is 0.293 e. The van der Waals surface area contributed by atoms with E-state index < -0.39 is 0 Å². The van der Waals surface area contributed by atoms with Crippen molar-refractivity contribution in [2.75, 3.05) is 0 Å². The maximum absolute atomic E-state index is 15.5. The fourth-order valence-corrected chi connectivity index (χ4v) is 14.1. The number of hydrogen-bond donors (Lipinski definition) is 0. The molecule has 0 N–H and O–H groups in total. The van der Waals surface area contributed by atoms with E-state index in [1.807, 2.05) is 0 Å². The second kappa shape index (κ2) is 17.2. The first-order chi connectivity index (χ1) is 34.6. The van der Waals surface area contributed by atoms with Crippen molar-refractivity contribution in [2.45, 2.75) is 165 Å². The Hall–Kier alpha value is -5.53. The summed E-state index contributed by atoms with van der Waals surface area (Å²) in [5.74, 6) is 1.37. The molecule has 5 unspecified atom stereocenters. The monoisotopic (exact) mass is 977 g/mol. The molecule has 4 aromatic carbocycles. The fourth-order valence-electron chi connectivity index (χ4n) is 14.1. The SMILES string of the molecule is CC(C)(C)c1cc(C2=CC=CCC2C2=CC3C(=O)c4cc(-c5ccccc5-c5cc(C(C)(C)C)cc6c5C5=C(CC(C(C)(C)C)C=C5)C6(C)C)ccc4CCC3C=C2)c2c(c1)C(C)(C)C1=C2C=CC(C(C)(C)C)C1. The van der Waals surface area contributed by atoms with Crippen molar-refractivity contribution in [3.8, 4) is 22.3 Å². The number of fused-ring (bicyclic) bond motifs is 6. The highest BCUT2D eigenvalue weighted by atomic mass is 16.1. The highest BCUT2D eigenvalue weighted by Crippen LogP contribution is 2.59. The summed E-state index contributed by atoms with van der Waals surface area (Å²) in [6.45, 7) is 38.3. The molecular formula is C73H84O. The maximum Gasteiger partial charge on any atom is 0.170 e. The smallest absolute Gasteiger partial charge is 0.170 e. The van der Waals surface area contributed by atoms with Crippen LogP contribution < -0.4 is 0 Å². The average Bonchev–Trinajstić information content (AvgIpc) is 3.65. The van der Waals surface area contributed by atoms with Gasteiger partial charge in [-0.05, 0) is 173 Å². The Bertz CT molecular complexity index is 3300. The van der Waals surface area contributed by atoms with Crippen LogP contribution >= 0.6 is 0 Å². The minimum atomic E-state index is -0.210. The molecule has 0 saturated carbocycles. The van der Waals surface area contributed by atoms with Gasteiger partial charge >= 0.3 is 0 Å². The third-order valence-electron chi connectivity index (χ3n) is 19.3. The zero-order valence-corrected chi connectivity index (χ0v) is 48.0. The van der Waals surface area contributed by atoms with Gasteiger partial charge in [-0.3, -0.25) is 4.79 Å². The van der Waals surface area contributed by atoms with Gasteiger partial charge in [-0.15, -0.1) is 0 Å². The van der Waals surface area contributed by atoms with Gasteiger partial charge in [0.15, 0.2) is 5.78 Å². The second-order valence-electron chi connectivity index (χ2n) is 28.9. The molecule has 0 saturated heterocycles. The van der Waals surface area contributed by atoms with Crippen LogP contribution in [0.25, 0.3) is 39.0 Å². The van der Waals surface area contributed by atoms with E-state index in [9.17, 15) is 0 Å². The number of rotatable bonds is 4. The minimum absolute atomic E-state index is 0.0125. The molecule has 0 amide bonds. The van der Waals surface area contributed by atoms with Gasteiger partial charge in [-0.2, -0.15) is 0 Å². The minimum Gasteiger partial charge on any atom is -0.293 e. The molecule has 74 heavy (non-hydrogen) atoms. The highest BCUT2D eigenvalue weighted by molar-refractivity contribution is 6.04. The Labute approximate surface area is 446 Å². The highest BCUT2D eigenvalue weighted by Gasteiger charge is 2.46. The van der Waals surface area contributed by atoms with Crippen molar-refractivity contribution < 1.29 is 4.79 Å². The molecule has 0 radical (unpaired) electrons. The van der Waals surface area contributed by atoms with E-state index in [-0.39, 0.29) is 56.0 Å². The molecule has 5 atom stereocenters. The molecule has 7 aliphatic rings. The number of benzene rings is 4. The number of aryl methyl sites for hydroxylation is 1. The van der Waals surface area contributed by atoms with Gasteiger partial charge in [-0.25, -0.2) is 0 Å². The van der Waals surface area contributed by atoms with Crippen LogP contribution in [0.15, 0.2) is 144 Å². The van der Waals surface area contributed by atoms with Gasteiger partial charge in [0.05, 0.1) is 0 Å². The lowest BCUT2D eigenvalue weighted by Crippen LogP contribution is -2.26. The van der Waals surface area contributed by atoms with Crippen LogP contribution in [0.2, 0.25) is 0 Å². The molecular weight excluding hydrogens is 893 g/mol. The molecule has 0 bridgehead atoms. The summed E-state index contributed by atoms with van der Waals surface area (Å²) in [4.78, 5) is 15.5. The lowest BCUT2D eigenvalue weighted by Gasteiger charge is -2.35. The Morgan fingerprint density at radius 1 is 0.568 bits per heavy atom. The predicted octanol–water partition coefficient (Wildman–Crippen LogP) is 19.5. The Morgan fingerprint density at radius 3 is 1.69 bits per heavy atom. The summed E-state index contributed by atoms with van der Waals surface area (Å²) >= 11 is 0. The fraction of sp³-hybridized carbons (Fsp3) is 0.438. The summed E-state index contributed by atoms with van der Waals surface area (Å²) < 4.78 is 0. The zero-order chi connectivity index (χ0) is 52.8. The predicted molar refractivity (Wildman–Crippen MR) is 317 cm³/mol. The van der Waals surface area contributed by atoms with E-state index in [1.165, 1.54) is 83.5 Å². The summed E-state index contributed by atoms with van der Waals surface area (Å²) in [6.07, 6.45) is 29.1. The molecule has 7 aliphatic carbocycles. The topological polar surface area (TPSA) is 17.1 Å². The quantitative estimate of drug-likeness (QED) is 0.199. The number of Topliss-reactive ketones (excluding diaryl/α,β-unsaturated/α-hetero) is 1. The first-order valence-electron chi connectivity index (χ1n) is 28.4. The maximum atomic E-state index is 15.5. The van der Waals surface area contributed by atoms with Crippen molar-refractivity contribution in [1.29, 1.82) is 0 Å². The van der Waals surface area contributed by atoms with Gasteiger partial charge in [0, 0.05) is 28.2 Å². The summed E-state index contributed by atoms with van der Waals surface area (Å²) in [5, 5.41) is 0. The number of carbonyl (C=O) groups excluding carboxylic acids is 1. The molecule has 0 fully saturated rings. The van der Waals surface area contributed by atoms with Crippen molar-refractivity contribution in [1.82, 2.24) is 0 Å². The normalized spacial score (nSPS) is 24.7. The van der Waals surface area contributed by atoms with Crippen LogP contribution in [0.3, 0.4) is 0 Å². The van der Waals surface area contributed by atoms with Crippen molar-refractivity contribution in [2.24, 2.45) is 40.4 Å². The Balaban J connectivity index is 0.979. The van der Waals surface area contributed by atoms with Gasteiger partial charge in [-0.1, -0.05) is 237 Å². The number of carbonyl (C=O) groups is 1. The van der Waals surface area contributed by atoms with Crippen molar-refractivity contribution in [3.63, 3.8) is 0 Å². The number of hydrogen-bond acceptors (Lipinski definition) is 1. The van der Waals surface area contributed by atoms with E-state index >= 15 is 4.79 Å². The standard InChI is InChI=1S/C73H84O/c1-68(2,3)47-31-33-55-61(39-47)72(13,14)63-41-49(70(7,8)9)37-59(65(55)63)53-23-19-17-21-51(53)45-29-27-43-25-26-44-28-30-46(36-58(44)67(74)57(43)35-45)52-22-18-20-24-54(52)60-38-50(71(10,11)12)42-64-66(60)56-34-32-48(69(4,5)6)40-62(56)73(64,15)16/h17-21,23-24,27-38,41-42,44,47-48,52,58H,22,25-26,39-40H2,1-16H3. The van der Waals surface area contributed by atoms with Gasteiger partial charge in [0.25, 0.3) is 0 Å². The Morgan fingerprint density at radius 2 is 1.12 bits per heavy atom. The number of ketones is 1. The van der Waals surface area contributed by atoms with Crippen LogP contribution in [-0.2, 0) is 28.1 Å². The lowest BCUT2D eigenvalue weighted by molar-refractivity contribution is 0.0923. The molecule has 1 heteroatoms. The zero-order valence-electron chi connectivity index (χ0n) is 48.0. The van der Waals surface area contributed by atoms with E-state index in [0.29, 0.717) is 11.8 Å². The van der Waals surface area contributed by atoms with Crippen LogP contribution in [0, 0.1) is 40.4 Å².